The van der Waals surface area contributed by atoms with Gasteiger partial charge >= 0.3 is 0 Å². The van der Waals surface area contributed by atoms with Crippen LogP contribution in [0.2, 0.25) is 5.02 Å². The van der Waals surface area contributed by atoms with E-state index in [1.807, 2.05) is 31.4 Å². The lowest BCUT2D eigenvalue weighted by atomic mass is 10.1. The second-order valence-electron chi connectivity index (χ2n) is 7.71. The van der Waals surface area contributed by atoms with Crippen LogP contribution in [0, 0.1) is 0 Å². The van der Waals surface area contributed by atoms with Gasteiger partial charge < -0.3 is 0 Å². The van der Waals surface area contributed by atoms with Crippen LogP contribution in [-0.2, 0) is 0 Å². The van der Waals surface area contributed by atoms with Gasteiger partial charge in [0.15, 0.2) is 0 Å². The number of anilines is 1. The normalized spacial score (nSPS) is 14.1. The number of halogens is 1. The summed E-state index contributed by atoms with van der Waals surface area (Å²) in [5, 5.41) is 9.65. The number of nitrogens with one attached hydrogen (secondary N) is 1. The summed E-state index contributed by atoms with van der Waals surface area (Å²) < 4.78 is 1.65. The van der Waals surface area contributed by atoms with E-state index in [1.165, 1.54) is 34.4 Å². The molecule has 0 spiro atoms. The number of carbonyl (C=O) groups is 3. The van der Waals surface area contributed by atoms with Gasteiger partial charge in [0.25, 0.3) is 23.7 Å². The largest absolute Gasteiger partial charge is 0.289 e. The Morgan fingerprint density at radius 1 is 1.12 bits per heavy atom. The molecule has 166 valence electrons. The van der Waals surface area contributed by atoms with Gasteiger partial charge in [0.2, 0.25) is 4.96 Å². The number of carbonyl (C=O) groups excluding carboxylic acids is 3. The third-order valence-electron chi connectivity index (χ3n) is 5.66. The number of nitrogens with zero attached hydrogens (tertiary/aromatic N) is 4. The SMILES string of the molecule is CCC(C)N1C(=O)c2ccc(C(=O)Nc3nc4scc(-c5ccc(Cl)cc5)n4n3)cc2C1=O. The molecule has 1 aliphatic rings. The molecule has 0 saturated heterocycles. The van der Waals surface area contributed by atoms with Crippen LogP contribution in [0.15, 0.2) is 47.8 Å². The zero-order valence-electron chi connectivity index (χ0n) is 17.7. The Morgan fingerprint density at radius 2 is 1.85 bits per heavy atom. The number of benzene rings is 2. The number of rotatable bonds is 5. The topological polar surface area (TPSA) is 96.7 Å². The third-order valence-corrected chi connectivity index (χ3v) is 6.73. The summed E-state index contributed by atoms with van der Waals surface area (Å²) in [6, 6.07) is 11.6. The number of thiazole rings is 1. The molecule has 2 aromatic carbocycles. The van der Waals surface area contributed by atoms with Gasteiger partial charge in [-0.2, -0.15) is 4.98 Å². The highest BCUT2D eigenvalue weighted by Gasteiger charge is 2.38. The second-order valence-corrected chi connectivity index (χ2v) is 8.98. The van der Waals surface area contributed by atoms with Gasteiger partial charge in [0.05, 0.1) is 16.8 Å². The minimum Gasteiger partial charge on any atom is -0.289 e. The van der Waals surface area contributed by atoms with Crippen LogP contribution in [0.5, 0.6) is 0 Å². The molecule has 0 fully saturated rings. The zero-order valence-corrected chi connectivity index (χ0v) is 19.3. The molecule has 1 unspecified atom stereocenters. The number of aromatic nitrogens is 3. The Labute approximate surface area is 197 Å². The van der Waals surface area contributed by atoms with Crippen molar-refractivity contribution < 1.29 is 14.4 Å². The number of imide groups is 1. The summed E-state index contributed by atoms with van der Waals surface area (Å²) in [6.07, 6.45) is 0.653. The van der Waals surface area contributed by atoms with Gasteiger partial charge in [0, 0.05) is 27.6 Å². The van der Waals surface area contributed by atoms with Crippen molar-refractivity contribution in [1.29, 1.82) is 0 Å². The van der Waals surface area contributed by atoms with Crippen LogP contribution in [0.25, 0.3) is 16.2 Å². The molecule has 8 nitrogen and oxygen atoms in total. The smallest absolute Gasteiger partial charge is 0.261 e. The molecule has 33 heavy (non-hydrogen) atoms. The van der Waals surface area contributed by atoms with Crippen molar-refractivity contribution in [3.05, 3.63) is 69.6 Å². The van der Waals surface area contributed by atoms with Crippen LogP contribution in [0.3, 0.4) is 0 Å². The summed E-state index contributed by atoms with van der Waals surface area (Å²) in [5.74, 6) is -1.04. The van der Waals surface area contributed by atoms with Crippen LogP contribution >= 0.6 is 22.9 Å². The van der Waals surface area contributed by atoms with Gasteiger partial charge in [-0.15, -0.1) is 16.4 Å². The predicted octanol–water partition coefficient (Wildman–Crippen LogP) is 4.76. The van der Waals surface area contributed by atoms with Gasteiger partial charge in [-0.1, -0.05) is 30.7 Å². The standard InChI is InChI=1S/C23H18ClN5O3S/c1-3-12(2)28-20(31)16-9-6-14(10-17(16)21(28)32)19(30)25-22-26-23-29(27-22)18(11-33-23)13-4-7-15(24)8-5-13/h4-12H,3H2,1-2H3,(H,25,27,30). The Bertz CT molecular complexity index is 1430. The average Bonchev–Trinajstić information content (AvgIpc) is 3.45. The molecule has 1 aliphatic heterocycles. The van der Waals surface area contributed by atoms with E-state index < -0.39 is 5.91 Å². The molecule has 3 amide bonds. The molecule has 4 aromatic rings. The summed E-state index contributed by atoms with van der Waals surface area (Å²) in [4.78, 5) is 44.4. The first-order valence-electron chi connectivity index (χ1n) is 10.3. The molecule has 0 bridgehead atoms. The van der Waals surface area contributed by atoms with Crippen molar-refractivity contribution in [2.24, 2.45) is 0 Å². The van der Waals surface area contributed by atoms with Gasteiger partial charge in [-0.05, 0) is 43.7 Å². The Kier molecular flexibility index (Phi) is 5.22. The summed E-state index contributed by atoms with van der Waals surface area (Å²) >= 11 is 7.37. The van der Waals surface area contributed by atoms with E-state index in [2.05, 4.69) is 15.4 Å². The van der Waals surface area contributed by atoms with Crippen LogP contribution < -0.4 is 5.32 Å². The summed E-state index contributed by atoms with van der Waals surface area (Å²) in [6.45, 7) is 3.73. The van der Waals surface area contributed by atoms with Crippen molar-refractivity contribution in [3.8, 4) is 11.3 Å². The predicted molar refractivity (Wildman–Crippen MR) is 126 cm³/mol. The Morgan fingerprint density at radius 3 is 2.58 bits per heavy atom. The van der Waals surface area contributed by atoms with Crippen molar-refractivity contribution >= 4 is 51.6 Å². The molecule has 5 rings (SSSR count). The highest BCUT2D eigenvalue weighted by molar-refractivity contribution is 7.15. The van der Waals surface area contributed by atoms with Gasteiger partial charge in [0.1, 0.15) is 0 Å². The molecular formula is C23H18ClN5O3S. The van der Waals surface area contributed by atoms with Gasteiger partial charge in [-0.3, -0.25) is 24.6 Å². The van der Waals surface area contributed by atoms with Crippen LogP contribution in [0.4, 0.5) is 5.95 Å². The lowest BCUT2D eigenvalue weighted by Gasteiger charge is -2.20. The number of fused-ring (bicyclic) bond motifs is 2. The van der Waals surface area contributed by atoms with Crippen molar-refractivity contribution in [2.45, 2.75) is 26.3 Å². The fourth-order valence-electron chi connectivity index (χ4n) is 3.71. The highest BCUT2D eigenvalue weighted by atomic mass is 35.5. The molecule has 1 N–H and O–H groups in total. The van der Waals surface area contributed by atoms with Crippen molar-refractivity contribution in [1.82, 2.24) is 19.5 Å². The maximum Gasteiger partial charge on any atom is 0.261 e. The van der Waals surface area contributed by atoms with E-state index in [1.54, 1.807) is 16.6 Å². The van der Waals surface area contributed by atoms with Crippen LogP contribution in [-0.4, -0.2) is 43.3 Å². The molecule has 0 aliphatic carbocycles. The number of hydrogen-bond donors (Lipinski definition) is 1. The fourth-order valence-corrected chi connectivity index (χ4v) is 4.67. The first-order valence-corrected chi connectivity index (χ1v) is 11.6. The van der Waals surface area contributed by atoms with Gasteiger partial charge in [-0.25, -0.2) is 4.52 Å². The molecule has 0 saturated carbocycles. The molecular weight excluding hydrogens is 462 g/mol. The zero-order chi connectivity index (χ0) is 23.3. The van der Waals surface area contributed by atoms with Crippen molar-refractivity contribution in [3.63, 3.8) is 0 Å². The first kappa shape index (κ1) is 21.3. The average molecular weight is 480 g/mol. The lowest BCUT2D eigenvalue weighted by Crippen LogP contribution is -2.37. The van der Waals surface area contributed by atoms with Crippen molar-refractivity contribution in [2.75, 3.05) is 5.32 Å². The number of hydrogen-bond acceptors (Lipinski definition) is 6. The maximum atomic E-state index is 12.8. The number of amides is 3. The lowest BCUT2D eigenvalue weighted by molar-refractivity contribution is 0.0593. The molecule has 3 heterocycles. The fraction of sp³-hybridized carbons (Fsp3) is 0.174. The minimum absolute atomic E-state index is 0.145. The quantitative estimate of drug-likeness (QED) is 0.416. The van der Waals surface area contributed by atoms with E-state index in [0.29, 0.717) is 22.0 Å². The molecule has 10 heteroatoms. The molecule has 0 radical (unpaired) electrons. The monoisotopic (exact) mass is 479 g/mol. The molecule has 2 aromatic heterocycles. The van der Waals surface area contributed by atoms with E-state index in [-0.39, 0.29) is 34.9 Å². The minimum atomic E-state index is -0.466. The van der Waals surface area contributed by atoms with E-state index >= 15 is 0 Å². The Hall–Kier alpha value is -3.56. The van der Waals surface area contributed by atoms with E-state index in [9.17, 15) is 14.4 Å². The third kappa shape index (κ3) is 3.59. The first-order chi connectivity index (χ1) is 15.9. The highest BCUT2D eigenvalue weighted by Crippen LogP contribution is 2.28. The summed E-state index contributed by atoms with van der Waals surface area (Å²) in [7, 11) is 0. The Balaban J connectivity index is 1.40. The molecule has 1 atom stereocenters. The van der Waals surface area contributed by atoms with E-state index in [0.717, 1.165) is 11.3 Å². The second kappa shape index (κ2) is 8.09. The maximum absolute atomic E-state index is 12.8. The van der Waals surface area contributed by atoms with Crippen LogP contribution in [0.1, 0.15) is 51.3 Å². The van der Waals surface area contributed by atoms with E-state index in [4.69, 9.17) is 11.6 Å². The summed E-state index contributed by atoms with van der Waals surface area (Å²) in [5.41, 5.74) is 2.53.